The maximum Gasteiger partial charge on any atom is 0.261 e. The van der Waals surface area contributed by atoms with E-state index in [9.17, 15) is 4.79 Å². The van der Waals surface area contributed by atoms with Gasteiger partial charge >= 0.3 is 0 Å². The second-order valence-corrected chi connectivity index (χ2v) is 5.71. The fourth-order valence-electron chi connectivity index (χ4n) is 2.27. The van der Waals surface area contributed by atoms with Crippen LogP contribution in [0.5, 0.6) is 0 Å². The normalized spacial score (nSPS) is 17.1. The molecule has 1 aromatic rings. The van der Waals surface area contributed by atoms with Crippen molar-refractivity contribution < 1.29 is 9.53 Å². The number of hydrogen-bond acceptors (Lipinski definition) is 3. The summed E-state index contributed by atoms with van der Waals surface area (Å²) in [6.45, 7) is 9.50. The van der Waals surface area contributed by atoms with Gasteiger partial charge in [0.05, 0.1) is 0 Å². The van der Waals surface area contributed by atoms with Crippen molar-refractivity contribution >= 4 is 17.5 Å². The lowest BCUT2D eigenvalue weighted by Crippen LogP contribution is -2.21. The van der Waals surface area contributed by atoms with Crippen molar-refractivity contribution in [1.29, 1.82) is 5.41 Å². The highest BCUT2D eigenvalue weighted by molar-refractivity contribution is 6.24. The molecule has 0 bridgehead atoms. The molecule has 2 rings (SSSR count). The van der Waals surface area contributed by atoms with Gasteiger partial charge in [-0.05, 0) is 51.8 Å². The molecule has 0 saturated heterocycles. The summed E-state index contributed by atoms with van der Waals surface area (Å²) in [6.07, 6.45) is 0. The van der Waals surface area contributed by atoms with Crippen LogP contribution < -0.4 is 5.32 Å². The summed E-state index contributed by atoms with van der Waals surface area (Å²) >= 11 is 0. The molecule has 0 saturated carbocycles. The Kier molecular flexibility index (Phi) is 3.42. The minimum absolute atomic E-state index is 0.0604. The van der Waals surface area contributed by atoms with E-state index in [2.05, 4.69) is 5.32 Å². The Bertz CT molecular complexity index is 627. The monoisotopic (exact) mass is 272 g/mol. The highest BCUT2D eigenvalue weighted by Crippen LogP contribution is 2.32. The van der Waals surface area contributed by atoms with Crippen LogP contribution in [-0.2, 0) is 9.53 Å². The molecule has 0 aromatic heterocycles. The van der Waals surface area contributed by atoms with Crippen molar-refractivity contribution in [3.8, 4) is 0 Å². The third-order valence-corrected chi connectivity index (χ3v) is 3.72. The molecule has 2 N–H and O–H groups in total. The molecule has 1 aromatic carbocycles. The van der Waals surface area contributed by atoms with Gasteiger partial charge in [0, 0.05) is 5.69 Å². The molecular weight excluding hydrogens is 252 g/mol. The number of rotatable bonds is 2. The molecule has 4 nitrogen and oxygen atoms in total. The van der Waals surface area contributed by atoms with Crippen LogP contribution in [0.3, 0.4) is 0 Å². The minimum atomic E-state index is -0.591. The average molecular weight is 272 g/mol. The summed E-state index contributed by atoms with van der Waals surface area (Å²) in [6, 6.07) is 5.84. The second kappa shape index (κ2) is 4.78. The first-order valence-corrected chi connectivity index (χ1v) is 6.60. The van der Waals surface area contributed by atoms with Crippen molar-refractivity contribution in [1.82, 2.24) is 0 Å². The van der Waals surface area contributed by atoms with Crippen molar-refractivity contribution in [2.45, 2.75) is 40.2 Å². The van der Waals surface area contributed by atoms with Gasteiger partial charge in [0.1, 0.15) is 11.2 Å². The third kappa shape index (κ3) is 2.46. The Balaban J connectivity index is 2.29. The molecule has 1 amide bonds. The number of anilines is 1. The molecule has 0 unspecified atom stereocenters. The van der Waals surface area contributed by atoms with E-state index in [1.54, 1.807) is 0 Å². The van der Waals surface area contributed by atoms with Crippen LogP contribution in [0, 0.1) is 19.3 Å². The van der Waals surface area contributed by atoms with Gasteiger partial charge < -0.3 is 10.1 Å². The summed E-state index contributed by atoms with van der Waals surface area (Å²) in [7, 11) is 0. The van der Waals surface area contributed by atoms with Crippen LogP contribution in [0.15, 0.2) is 29.3 Å². The molecule has 0 radical (unpaired) electrons. The number of nitrogens with one attached hydrogen (secondary N) is 2. The number of aryl methyl sites for hydroxylation is 2. The first-order chi connectivity index (χ1) is 9.22. The molecule has 0 atom stereocenters. The number of amides is 1. The maximum absolute atomic E-state index is 12.4. The van der Waals surface area contributed by atoms with Gasteiger partial charge in [0.15, 0.2) is 0 Å². The average Bonchev–Trinajstić information content (AvgIpc) is 2.52. The van der Waals surface area contributed by atoms with Crippen LogP contribution in [0.4, 0.5) is 5.69 Å². The molecule has 0 aliphatic carbocycles. The molecule has 0 spiro atoms. The Morgan fingerprint density at radius 2 is 1.90 bits per heavy atom. The second-order valence-electron chi connectivity index (χ2n) is 5.71. The summed E-state index contributed by atoms with van der Waals surface area (Å²) in [4.78, 5) is 12.4. The Morgan fingerprint density at radius 1 is 1.25 bits per heavy atom. The highest BCUT2D eigenvalue weighted by Gasteiger charge is 2.38. The Hall–Kier alpha value is -2.10. The fraction of sp³-hybridized carbons (Fsp3) is 0.375. The third-order valence-electron chi connectivity index (χ3n) is 3.72. The lowest BCUT2D eigenvalue weighted by Gasteiger charge is -2.18. The van der Waals surface area contributed by atoms with Gasteiger partial charge in [-0.3, -0.25) is 10.2 Å². The van der Waals surface area contributed by atoms with Gasteiger partial charge in [0.2, 0.25) is 5.90 Å². The molecule has 1 aliphatic heterocycles. The van der Waals surface area contributed by atoms with Crippen molar-refractivity contribution in [3.63, 3.8) is 0 Å². The number of carbonyl (C=O) groups is 1. The van der Waals surface area contributed by atoms with Gasteiger partial charge in [-0.1, -0.05) is 17.7 Å². The molecule has 106 valence electrons. The van der Waals surface area contributed by atoms with Gasteiger partial charge in [0.25, 0.3) is 5.91 Å². The van der Waals surface area contributed by atoms with Crippen molar-refractivity contribution in [2.75, 3.05) is 5.32 Å². The largest absolute Gasteiger partial charge is 0.467 e. The SMILES string of the molecule is CC1=C(C(=O)Nc2ccc(C)cc2C)C(=N)OC1(C)C. The quantitative estimate of drug-likeness (QED) is 0.867. The first-order valence-electron chi connectivity index (χ1n) is 6.60. The van der Waals surface area contributed by atoms with Gasteiger partial charge in [-0.15, -0.1) is 0 Å². The molecule has 1 aliphatic rings. The van der Waals surface area contributed by atoms with E-state index < -0.39 is 5.60 Å². The molecule has 4 heteroatoms. The minimum Gasteiger partial charge on any atom is -0.467 e. The van der Waals surface area contributed by atoms with E-state index in [0.29, 0.717) is 5.57 Å². The lowest BCUT2D eigenvalue weighted by atomic mass is 9.97. The topological polar surface area (TPSA) is 62.2 Å². The molecule has 0 fully saturated rings. The van der Waals surface area contributed by atoms with Gasteiger partial charge in [-0.2, -0.15) is 0 Å². The number of carbonyl (C=O) groups excluding carboxylic acids is 1. The molecule has 20 heavy (non-hydrogen) atoms. The van der Waals surface area contributed by atoms with E-state index in [0.717, 1.165) is 22.4 Å². The lowest BCUT2D eigenvalue weighted by molar-refractivity contribution is -0.112. The predicted molar refractivity (Wildman–Crippen MR) is 80.1 cm³/mol. The van der Waals surface area contributed by atoms with E-state index >= 15 is 0 Å². The van der Waals surface area contributed by atoms with Crippen LogP contribution in [-0.4, -0.2) is 17.4 Å². The highest BCUT2D eigenvalue weighted by atomic mass is 16.5. The van der Waals surface area contributed by atoms with E-state index in [-0.39, 0.29) is 11.8 Å². The summed E-state index contributed by atoms with van der Waals surface area (Å²) < 4.78 is 5.43. The van der Waals surface area contributed by atoms with Gasteiger partial charge in [-0.25, -0.2) is 0 Å². The zero-order valence-corrected chi connectivity index (χ0v) is 12.5. The smallest absolute Gasteiger partial charge is 0.261 e. The van der Waals surface area contributed by atoms with E-state index in [1.165, 1.54) is 0 Å². The fourth-order valence-corrected chi connectivity index (χ4v) is 2.27. The number of benzene rings is 1. The van der Waals surface area contributed by atoms with E-state index in [4.69, 9.17) is 10.1 Å². The summed E-state index contributed by atoms with van der Waals surface area (Å²) in [5.74, 6) is -0.347. The first kappa shape index (κ1) is 14.3. The molecule has 1 heterocycles. The zero-order chi connectivity index (χ0) is 15.1. The summed E-state index contributed by atoms with van der Waals surface area (Å²) in [5.41, 5.74) is 3.43. The van der Waals surface area contributed by atoms with Crippen LogP contribution in [0.25, 0.3) is 0 Å². The zero-order valence-electron chi connectivity index (χ0n) is 12.5. The van der Waals surface area contributed by atoms with E-state index in [1.807, 2.05) is 52.8 Å². The number of ether oxygens (including phenoxy) is 1. The van der Waals surface area contributed by atoms with Crippen LogP contribution >= 0.6 is 0 Å². The Labute approximate surface area is 119 Å². The summed E-state index contributed by atoms with van der Waals surface area (Å²) in [5, 5.41) is 10.7. The van der Waals surface area contributed by atoms with Crippen molar-refractivity contribution in [2.24, 2.45) is 0 Å². The molecular formula is C16H20N2O2. The Morgan fingerprint density at radius 3 is 2.40 bits per heavy atom. The van der Waals surface area contributed by atoms with Crippen LogP contribution in [0.2, 0.25) is 0 Å². The predicted octanol–water partition coefficient (Wildman–Crippen LogP) is 3.34. The number of hydrogen-bond donors (Lipinski definition) is 2. The van der Waals surface area contributed by atoms with Crippen LogP contribution in [0.1, 0.15) is 31.9 Å². The standard InChI is InChI=1S/C16H20N2O2/c1-9-6-7-12(10(2)8-9)18-15(19)13-11(3)16(4,5)20-14(13)17/h6-8,17H,1-5H3,(H,18,19). The maximum atomic E-state index is 12.4. The van der Waals surface area contributed by atoms with Crippen molar-refractivity contribution in [3.05, 3.63) is 40.5 Å².